The van der Waals surface area contributed by atoms with E-state index in [0.717, 1.165) is 24.0 Å². The summed E-state index contributed by atoms with van der Waals surface area (Å²) in [5.41, 5.74) is 2.08. The summed E-state index contributed by atoms with van der Waals surface area (Å²) in [6.07, 6.45) is 2.94. The fourth-order valence-electron chi connectivity index (χ4n) is 2.54. The molecule has 0 aliphatic rings. The van der Waals surface area contributed by atoms with Gasteiger partial charge in [-0.15, -0.1) is 11.3 Å². The maximum Gasteiger partial charge on any atom is 0.261 e. The Labute approximate surface area is 149 Å². The van der Waals surface area contributed by atoms with E-state index in [2.05, 4.69) is 20.2 Å². The maximum atomic E-state index is 11.8. The molecule has 2 amide bonds. The molecule has 0 atom stereocenters. The van der Waals surface area contributed by atoms with Crippen molar-refractivity contribution in [2.24, 2.45) is 0 Å². The predicted octanol–water partition coefficient (Wildman–Crippen LogP) is 2.42. The summed E-state index contributed by atoms with van der Waals surface area (Å²) in [6, 6.07) is 11.6. The molecule has 2 N–H and O–H groups in total. The van der Waals surface area contributed by atoms with Crippen LogP contribution in [0.25, 0.3) is 11.0 Å². The van der Waals surface area contributed by atoms with Crippen LogP contribution in [0, 0.1) is 0 Å². The van der Waals surface area contributed by atoms with E-state index >= 15 is 0 Å². The second-order valence-electron chi connectivity index (χ2n) is 5.61. The van der Waals surface area contributed by atoms with Gasteiger partial charge in [-0.05, 0) is 30.0 Å². The Bertz CT molecular complexity index is 842. The first kappa shape index (κ1) is 17.2. The van der Waals surface area contributed by atoms with Crippen molar-refractivity contribution >= 4 is 34.2 Å². The molecule has 7 heteroatoms. The van der Waals surface area contributed by atoms with Crippen molar-refractivity contribution < 1.29 is 9.59 Å². The minimum atomic E-state index is -0.130. The van der Waals surface area contributed by atoms with Crippen molar-refractivity contribution in [2.75, 3.05) is 13.1 Å². The fourth-order valence-corrected chi connectivity index (χ4v) is 3.18. The van der Waals surface area contributed by atoms with Crippen LogP contribution in [0.3, 0.4) is 0 Å². The lowest BCUT2D eigenvalue weighted by atomic mass is 10.3. The molecule has 1 aromatic carbocycles. The van der Waals surface area contributed by atoms with Gasteiger partial charge in [-0.2, -0.15) is 0 Å². The first-order valence-electron chi connectivity index (χ1n) is 8.22. The zero-order valence-electron chi connectivity index (χ0n) is 13.8. The normalized spacial score (nSPS) is 10.7. The van der Waals surface area contributed by atoms with Gasteiger partial charge in [0.25, 0.3) is 5.91 Å². The van der Waals surface area contributed by atoms with E-state index in [9.17, 15) is 9.59 Å². The highest BCUT2D eigenvalue weighted by atomic mass is 32.1. The van der Waals surface area contributed by atoms with Crippen LogP contribution in [0.1, 0.15) is 22.5 Å². The van der Waals surface area contributed by atoms with Crippen LogP contribution in [-0.2, 0) is 11.3 Å². The van der Waals surface area contributed by atoms with Crippen LogP contribution in [0.5, 0.6) is 0 Å². The lowest BCUT2D eigenvalue weighted by Crippen LogP contribution is -2.31. The summed E-state index contributed by atoms with van der Waals surface area (Å²) in [4.78, 5) is 28.6. The number of nitrogens with zero attached hydrogens (tertiary/aromatic N) is 2. The van der Waals surface area contributed by atoms with E-state index in [1.54, 1.807) is 6.07 Å². The van der Waals surface area contributed by atoms with E-state index in [1.807, 2.05) is 42.0 Å². The number of amides is 2. The van der Waals surface area contributed by atoms with Crippen LogP contribution >= 0.6 is 11.3 Å². The van der Waals surface area contributed by atoms with Crippen molar-refractivity contribution in [1.82, 2.24) is 20.2 Å². The number of hydrogen-bond acceptors (Lipinski definition) is 4. The Morgan fingerprint density at radius 3 is 2.80 bits per heavy atom. The van der Waals surface area contributed by atoms with Crippen molar-refractivity contribution in [3.63, 3.8) is 0 Å². The number of para-hydroxylation sites is 2. The quantitative estimate of drug-likeness (QED) is 0.609. The van der Waals surface area contributed by atoms with Gasteiger partial charge in [0.1, 0.15) is 0 Å². The number of thiophene rings is 1. The molecule has 0 radical (unpaired) electrons. The summed E-state index contributed by atoms with van der Waals surface area (Å²) in [5.74, 6) is -0.184. The van der Waals surface area contributed by atoms with Crippen LogP contribution in [0.4, 0.5) is 0 Å². The zero-order valence-corrected chi connectivity index (χ0v) is 14.6. The molecule has 130 valence electrons. The first-order chi connectivity index (χ1) is 12.2. The summed E-state index contributed by atoms with van der Waals surface area (Å²) in [6.45, 7) is 1.74. The first-order valence-corrected chi connectivity index (χ1v) is 9.10. The third-order valence-electron chi connectivity index (χ3n) is 3.81. The smallest absolute Gasteiger partial charge is 0.261 e. The number of carbonyl (C=O) groups is 2. The second kappa shape index (κ2) is 8.43. The Hall–Kier alpha value is -2.67. The van der Waals surface area contributed by atoms with Crippen LogP contribution in [0.15, 0.2) is 48.1 Å². The molecular formula is C18H20N4O2S. The van der Waals surface area contributed by atoms with Gasteiger partial charge in [-0.3, -0.25) is 9.59 Å². The highest BCUT2D eigenvalue weighted by Gasteiger charge is 2.07. The third kappa shape index (κ3) is 4.67. The molecule has 0 spiro atoms. The van der Waals surface area contributed by atoms with E-state index in [0.29, 0.717) is 18.0 Å². The number of hydrogen-bond donors (Lipinski definition) is 2. The molecule has 0 saturated heterocycles. The van der Waals surface area contributed by atoms with E-state index in [1.165, 1.54) is 11.3 Å². The van der Waals surface area contributed by atoms with Gasteiger partial charge >= 0.3 is 0 Å². The van der Waals surface area contributed by atoms with Gasteiger partial charge in [0.15, 0.2) is 0 Å². The number of benzene rings is 1. The third-order valence-corrected chi connectivity index (χ3v) is 4.68. The minimum Gasteiger partial charge on any atom is -0.356 e. The molecule has 0 unspecified atom stereocenters. The molecule has 0 aliphatic heterocycles. The number of imidazole rings is 1. The van der Waals surface area contributed by atoms with Crippen molar-refractivity contribution in [3.8, 4) is 0 Å². The monoisotopic (exact) mass is 356 g/mol. The predicted molar refractivity (Wildman–Crippen MR) is 98.6 cm³/mol. The molecule has 25 heavy (non-hydrogen) atoms. The van der Waals surface area contributed by atoms with Gasteiger partial charge in [0, 0.05) is 26.1 Å². The van der Waals surface area contributed by atoms with Gasteiger partial charge in [-0.25, -0.2) is 4.98 Å². The van der Waals surface area contributed by atoms with Crippen LogP contribution < -0.4 is 10.6 Å². The van der Waals surface area contributed by atoms with E-state index in [4.69, 9.17) is 0 Å². The minimum absolute atomic E-state index is 0.0537. The van der Waals surface area contributed by atoms with E-state index < -0.39 is 0 Å². The summed E-state index contributed by atoms with van der Waals surface area (Å²) in [5, 5.41) is 7.48. The number of aryl methyl sites for hydroxylation is 1. The van der Waals surface area contributed by atoms with Crippen LogP contribution in [-0.4, -0.2) is 34.5 Å². The standard InChI is InChI=1S/C18H20N4O2S/c23-17(8-10-20-18(24)16-7-3-12-25-16)19-9-4-11-22-13-21-14-5-1-2-6-15(14)22/h1-3,5-7,12-13H,4,8-11H2,(H,19,23)(H,20,24). The van der Waals surface area contributed by atoms with Crippen molar-refractivity contribution in [2.45, 2.75) is 19.4 Å². The molecule has 3 aromatic rings. The molecule has 0 fully saturated rings. The highest BCUT2D eigenvalue weighted by molar-refractivity contribution is 7.12. The van der Waals surface area contributed by atoms with Gasteiger partial charge in [0.2, 0.25) is 5.91 Å². The number of carbonyl (C=O) groups excluding carboxylic acids is 2. The Morgan fingerprint density at radius 2 is 1.96 bits per heavy atom. The Morgan fingerprint density at radius 1 is 1.08 bits per heavy atom. The SMILES string of the molecule is O=C(CCNC(=O)c1cccs1)NCCCn1cnc2ccccc21. The molecule has 2 aromatic heterocycles. The van der Waals surface area contributed by atoms with E-state index in [-0.39, 0.29) is 18.2 Å². The fraction of sp³-hybridized carbons (Fsp3) is 0.278. The number of nitrogens with one attached hydrogen (secondary N) is 2. The van der Waals surface area contributed by atoms with Gasteiger partial charge < -0.3 is 15.2 Å². The van der Waals surface area contributed by atoms with Gasteiger partial charge in [-0.1, -0.05) is 18.2 Å². The zero-order chi connectivity index (χ0) is 17.5. The number of aromatic nitrogens is 2. The largest absolute Gasteiger partial charge is 0.356 e. The molecule has 0 aliphatic carbocycles. The molecule has 0 bridgehead atoms. The topological polar surface area (TPSA) is 76.0 Å². The Kier molecular flexibility index (Phi) is 5.79. The number of fused-ring (bicyclic) bond motifs is 1. The maximum absolute atomic E-state index is 11.8. The lowest BCUT2D eigenvalue weighted by Gasteiger charge is -2.07. The highest BCUT2D eigenvalue weighted by Crippen LogP contribution is 2.11. The summed E-state index contributed by atoms with van der Waals surface area (Å²) >= 11 is 1.39. The molecule has 0 saturated carbocycles. The molecular weight excluding hydrogens is 336 g/mol. The van der Waals surface area contributed by atoms with Crippen molar-refractivity contribution in [3.05, 3.63) is 53.0 Å². The average molecular weight is 356 g/mol. The van der Waals surface area contributed by atoms with Crippen LogP contribution in [0.2, 0.25) is 0 Å². The summed E-state index contributed by atoms with van der Waals surface area (Å²) in [7, 11) is 0. The summed E-state index contributed by atoms with van der Waals surface area (Å²) < 4.78 is 2.09. The Balaban J connectivity index is 1.32. The van der Waals surface area contributed by atoms with Crippen molar-refractivity contribution in [1.29, 1.82) is 0 Å². The van der Waals surface area contributed by atoms with Gasteiger partial charge in [0.05, 0.1) is 22.2 Å². The molecule has 3 rings (SSSR count). The average Bonchev–Trinajstić information content (AvgIpc) is 3.29. The second-order valence-corrected chi connectivity index (χ2v) is 6.56. The molecule has 2 heterocycles. The molecule has 6 nitrogen and oxygen atoms in total. The number of rotatable bonds is 8. The lowest BCUT2D eigenvalue weighted by molar-refractivity contribution is -0.120.